The summed E-state index contributed by atoms with van der Waals surface area (Å²) in [5, 5.41) is 23.4. The van der Waals surface area contributed by atoms with E-state index in [1.54, 1.807) is 18.2 Å². The summed E-state index contributed by atoms with van der Waals surface area (Å²) in [5.41, 5.74) is 5.15. The van der Waals surface area contributed by atoms with Crippen LogP contribution in [0.1, 0.15) is 11.1 Å². The van der Waals surface area contributed by atoms with Crippen molar-refractivity contribution in [2.24, 2.45) is 0 Å². The van der Waals surface area contributed by atoms with Gasteiger partial charge in [-0.25, -0.2) is 0 Å². The van der Waals surface area contributed by atoms with Gasteiger partial charge >= 0.3 is 0 Å². The summed E-state index contributed by atoms with van der Waals surface area (Å²) in [7, 11) is 0. The predicted molar refractivity (Wildman–Crippen MR) is 117 cm³/mol. The molecule has 0 N–H and O–H groups in total. The van der Waals surface area contributed by atoms with Crippen LogP contribution in [0.4, 0.5) is 0 Å². The zero-order valence-electron chi connectivity index (χ0n) is 15.8. The average molecular weight is 383 g/mol. The third-order valence-electron chi connectivity index (χ3n) is 5.67. The first-order valence-corrected chi connectivity index (χ1v) is 9.58. The SMILES string of the molecule is N#Cc1ccc(C#N)c(-n2c3ccccc3c3ccc4c5ccccc5oc4c32)c1. The van der Waals surface area contributed by atoms with Crippen molar-refractivity contribution in [3.63, 3.8) is 0 Å². The van der Waals surface area contributed by atoms with Crippen LogP contribution in [0.5, 0.6) is 0 Å². The molecule has 0 aliphatic rings. The van der Waals surface area contributed by atoms with Gasteiger partial charge in [0.1, 0.15) is 11.7 Å². The fraction of sp³-hybridized carbons (Fsp3) is 0. The number of para-hydroxylation sites is 2. The summed E-state index contributed by atoms with van der Waals surface area (Å²) in [6, 6.07) is 29.9. The Morgan fingerprint density at radius 1 is 0.700 bits per heavy atom. The van der Waals surface area contributed by atoms with E-state index in [0.29, 0.717) is 16.8 Å². The van der Waals surface area contributed by atoms with E-state index in [1.165, 1.54) is 0 Å². The van der Waals surface area contributed by atoms with E-state index in [1.807, 2.05) is 36.4 Å². The summed E-state index contributed by atoms with van der Waals surface area (Å²) in [4.78, 5) is 0. The molecule has 138 valence electrons. The second-order valence-electron chi connectivity index (χ2n) is 7.24. The highest BCUT2D eigenvalue weighted by Crippen LogP contribution is 2.40. The van der Waals surface area contributed by atoms with E-state index in [4.69, 9.17) is 4.42 Å². The number of furan rings is 1. The molecule has 6 rings (SSSR count). The molecule has 0 bridgehead atoms. The lowest BCUT2D eigenvalue weighted by Gasteiger charge is -2.10. The Morgan fingerprint density at radius 2 is 1.47 bits per heavy atom. The van der Waals surface area contributed by atoms with E-state index in [0.717, 1.165) is 43.7 Å². The minimum absolute atomic E-state index is 0.504. The molecule has 6 aromatic rings. The number of hydrogen-bond donors (Lipinski definition) is 0. The van der Waals surface area contributed by atoms with Crippen LogP contribution < -0.4 is 0 Å². The topological polar surface area (TPSA) is 65.7 Å². The highest BCUT2D eigenvalue weighted by molar-refractivity contribution is 6.21. The van der Waals surface area contributed by atoms with Gasteiger partial charge in [0.05, 0.1) is 33.9 Å². The first-order valence-electron chi connectivity index (χ1n) is 9.58. The average Bonchev–Trinajstić information content (AvgIpc) is 3.34. The molecule has 0 atom stereocenters. The van der Waals surface area contributed by atoms with Gasteiger partial charge in [0.25, 0.3) is 0 Å². The van der Waals surface area contributed by atoms with Crippen LogP contribution in [-0.4, -0.2) is 4.57 Å². The normalized spacial score (nSPS) is 11.3. The largest absolute Gasteiger partial charge is 0.454 e. The van der Waals surface area contributed by atoms with Crippen LogP contribution in [0.15, 0.2) is 83.3 Å². The summed E-state index contributed by atoms with van der Waals surface area (Å²) in [5.74, 6) is 0. The molecule has 0 radical (unpaired) electrons. The zero-order valence-corrected chi connectivity index (χ0v) is 15.8. The van der Waals surface area contributed by atoms with Crippen molar-refractivity contribution >= 4 is 43.7 Å². The summed E-state index contributed by atoms with van der Waals surface area (Å²) < 4.78 is 8.37. The van der Waals surface area contributed by atoms with Gasteiger partial charge in [-0.05, 0) is 36.4 Å². The number of benzene rings is 4. The molecule has 4 nitrogen and oxygen atoms in total. The molecule has 0 amide bonds. The second kappa shape index (κ2) is 5.98. The lowest BCUT2D eigenvalue weighted by atomic mass is 10.1. The molecule has 0 saturated carbocycles. The lowest BCUT2D eigenvalue weighted by molar-refractivity contribution is 0.671. The van der Waals surface area contributed by atoms with Crippen LogP contribution >= 0.6 is 0 Å². The highest BCUT2D eigenvalue weighted by atomic mass is 16.3. The number of hydrogen-bond acceptors (Lipinski definition) is 3. The monoisotopic (exact) mass is 383 g/mol. The Balaban J connectivity index is 1.90. The maximum atomic E-state index is 9.78. The van der Waals surface area contributed by atoms with Gasteiger partial charge in [-0.2, -0.15) is 10.5 Å². The van der Waals surface area contributed by atoms with Gasteiger partial charge in [-0.15, -0.1) is 0 Å². The van der Waals surface area contributed by atoms with Gasteiger partial charge in [0, 0.05) is 21.5 Å². The fourth-order valence-corrected chi connectivity index (χ4v) is 4.36. The van der Waals surface area contributed by atoms with Gasteiger partial charge in [-0.1, -0.05) is 42.5 Å². The standard InChI is InChI=1S/C26H13N3O/c27-14-16-9-10-17(15-28)23(13-16)29-22-7-3-1-5-18(22)20-11-12-21-19-6-2-4-8-24(19)30-26(21)25(20)29/h1-13H. The number of fused-ring (bicyclic) bond motifs is 7. The predicted octanol–water partition coefficient (Wildman–Crippen LogP) is 6.43. The molecule has 30 heavy (non-hydrogen) atoms. The molecule has 0 fully saturated rings. The molecular weight excluding hydrogens is 370 g/mol. The number of rotatable bonds is 1. The van der Waals surface area contributed by atoms with Crippen LogP contribution in [0.25, 0.3) is 49.4 Å². The Labute approximate surface area is 171 Å². The molecular formula is C26H13N3O. The van der Waals surface area contributed by atoms with Crippen molar-refractivity contribution in [1.29, 1.82) is 10.5 Å². The van der Waals surface area contributed by atoms with Gasteiger partial charge in [0.2, 0.25) is 0 Å². The minimum Gasteiger partial charge on any atom is -0.454 e. The molecule has 2 aromatic heterocycles. The first kappa shape index (κ1) is 16.4. The van der Waals surface area contributed by atoms with E-state index in [2.05, 4.69) is 41.0 Å². The molecule has 4 heteroatoms. The maximum absolute atomic E-state index is 9.78. The van der Waals surface area contributed by atoms with Crippen molar-refractivity contribution in [3.8, 4) is 17.8 Å². The van der Waals surface area contributed by atoms with Crippen molar-refractivity contribution in [3.05, 3.63) is 90.0 Å². The molecule has 0 spiro atoms. The third-order valence-corrected chi connectivity index (χ3v) is 5.67. The lowest BCUT2D eigenvalue weighted by Crippen LogP contribution is -1.98. The van der Waals surface area contributed by atoms with E-state index < -0.39 is 0 Å². The third kappa shape index (κ3) is 2.08. The fourth-order valence-electron chi connectivity index (χ4n) is 4.36. The van der Waals surface area contributed by atoms with Crippen LogP contribution in [0.3, 0.4) is 0 Å². The van der Waals surface area contributed by atoms with E-state index in [-0.39, 0.29) is 0 Å². The summed E-state index contributed by atoms with van der Waals surface area (Å²) in [6.45, 7) is 0. The van der Waals surface area contributed by atoms with E-state index in [9.17, 15) is 10.5 Å². The molecule has 4 aromatic carbocycles. The zero-order chi connectivity index (χ0) is 20.2. The Morgan fingerprint density at radius 3 is 2.30 bits per heavy atom. The molecule has 0 unspecified atom stereocenters. The molecule has 0 aliphatic carbocycles. The van der Waals surface area contributed by atoms with Crippen LogP contribution in [0.2, 0.25) is 0 Å². The van der Waals surface area contributed by atoms with Crippen LogP contribution in [0, 0.1) is 22.7 Å². The minimum atomic E-state index is 0.504. The van der Waals surface area contributed by atoms with Crippen molar-refractivity contribution in [2.45, 2.75) is 0 Å². The molecule has 2 heterocycles. The van der Waals surface area contributed by atoms with Crippen molar-refractivity contribution in [2.75, 3.05) is 0 Å². The number of nitriles is 2. The second-order valence-corrected chi connectivity index (χ2v) is 7.24. The van der Waals surface area contributed by atoms with Crippen molar-refractivity contribution in [1.82, 2.24) is 4.57 Å². The molecule has 0 aliphatic heterocycles. The van der Waals surface area contributed by atoms with Gasteiger partial charge in [-0.3, -0.25) is 0 Å². The summed E-state index contributed by atoms with van der Waals surface area (Å²) in [6.07, 6.45) is 0. The maximum Gasteiger partial charge on any atom is 0.160 e. The van der Waals surface area contributed by atoms with Gasteiger partial charge < -0.3 is 8.98 Å². The Kier molecular flexibility index (Phi) is 3.27. The summed E-state index contributed by atoms with van der Waals surface area (Å²) >= 11 is 0. The van der Waals surface area contributed by atoms with Crippen LogP contribution in [-0.2, 0) is 0 Å². The van der Waals surface area contributed by atoms with Crippen molar-refractivity contribution < 1.29 is 4.42 Å². The van der Waals surface area contributed by atoms with E-state index >= 15 is 0 Å². The number of nitrogens with zero attached hydrogens (tertiary/aromatic N) is 3. The molecule has 0 saturated heterocycles. The highest BCUT2D eigenvalue weighted by Gasteiger charge is 2.20. The smallest absolute Gasteiger partial charge is 0.160 e. The number of aromatic nitrogens is 1. The first-order chi connectivity index (χ1) is 14.8. The quantitative estimate of drug-likeness (QED) is 0.329. The Bertz CT molecular complexity index is 1720. The Hall–Kier alpha value is -4.54. The van der Waals surface area contributed by atoms with Gasteiger partial charge in [0.15, 0.2) is 5.58 Å².